The van der Waals surface area contributed by atoms with Crippen LogP contribution in [-0.2, 0) is 35.0 Å². The summed E-state index contributed by atoms with van der Waals surface area (Å²) in [7, 11) is 0. The van der Waals surface area contributed by atoms with E-state index in [-0.39, 0.29) is 18.2 Å². The summed E-state index contributed by atoms with van der Waals surface area (Å²) in [6.07, 6.45) is -0.520. The van der Waals surface area contributed by atoms with Crippen molar-refractivity contribution >= 4 is 23.2 Å². The van der Waals surface area contributed by atoms with Crippen molar-refractivity contribution in [3.8, 4) is 11.5 Å². The molecule has 3 heterocycles. The van der Waals surface area contributed by atoms with Gasteiger partial charge in [-0.2, -0.15) is 18.2 Å². The first-order valence-corrected chi connectivity index (χ1v) is 10.1. The van der Waals surface area contributed by atoms with Gasteiger partial charge >= 0.3 is 12.1 Å². The zero-order valence-corrected chi connectivity index (χ0v) is 16.1. The summed E-state index contributed by atoms with van der Waals surface area (Å²) in [5.41, 5.74) is 1.27. The van der Waals surface area contributed by atoms with Crippen LogP contribution in [0.25, 0.3) is 11.5 Å². The fourth-order valence-electron chi connectivity index (χ4n) is 4.00. The van der Waals surface area contributed by atoms with Crippen LogP contribution < -0.4 is 0 Å². The number of carboxylic acid groups (broad SMARTS) is 1. The molecule has 156 valence electrons. The summed E-state index contributed by atoms with van der Waals surface area (Å²) < 4.78 is 43.7. The van der Waals surface area contributed by atoms with Crippen LogP contribution in [0.3, 0.4) is 0 Å². The minimum absolute atomic E-state index is 0.0967. The number of fused-ring (bicyclic) bond motifs is 1. The molecule has 2 aromatic rings. The Labute approximate surface area is 167 Å². The van der Waals surface area contributed by atoms with Crippen molar-refractivity contribution in [3.05, 3.63) is 21.1 Å². The van der Waals surface area contributed by atoms with Crippen LogP contribution in [0, 0.1) is 0 Å². The molecule has 2 aromatic heterocycles. The molecule has 29 heavy (non-hydrogen) atoms. The minimum Gasteiger partial charge on any atom is -0.480 e. The highest BCUT2D eigenvalue weighted by Crippen LogP contribution is 2.41. The normalized spacial score (nSPS) is 19.4. The van der Waals surface area contributed by atoms with Crippen molar-refractivity contribution < 1.29 is 32.4 Å². The summed E-state index contributed by atoms with van der Waals surface area (Å²) in [5.74, 6) is -3.00. The number of carbonyl (C=O) groups excluding carboxylic acids is 1. The Hall–Kier alpha value is -2.43. The number of amides is 1. The highest BCUT2D eigenvalue weighted by atomic mass is 32.1. The number of carbonyl (C=O) groups is 2. The zero-order valence-electron chi connectivity index (χ0n) is 15.3. The van der Waals surface area contributed by atoms with Gasteiger partial charge in [0.15, 0.2) is 0 Å². The molecule has 1 saturated heterocycles. The molecule has 0 radical (unpaired) electrons. The van der Waals surface area contributed by atoms with Gasteiger partial charge in [0.2, 0.25) is 5.91 Å². The monoisotopic (exact) mass is 429 g/mol. The molecule has 1 N–H and O–H groups in total. The number of hydrogen-bond donors (Lipinski definition) is 1. The number of aliphatic carboxylic acids is 1. The summed E-state index contributed by atoms with van der Waals surface area (Å²) in [4.78, 5) is 30.6. The first kappa shape index (κ1) is 19.9. The van der Waals surface area contributed by atoms with Gasteiger partial charge in [0.1, 0.15) is 6.04 Å². The van der Waals surface area contributed by atoms with Gasteiger partial charge in [-0.05, 0) is 44.1 Å². The van der Waals surface area contributed by atoms with E-state index in [1.165, 1.54) is 16.2 Å². The summed E-state index contributed by atoms with van der Waals surface area (Å²) >= 11 is 1.37. The lowest BCUT2D eigenvalue weighted by atomic mass is 9.94. The van der Waals surface area contributed by atoms with E-state index < -0.39 is 24.0 Å². The number of carboxylic acids is 1. The second kappa shape index (κ2) is 7.43. The third-order valence-corrected chi connectivity index (χ3v) is 6.60. The van der Waals surface area contributed by atoms with Crippen LogP contribution >= 0.6 is 11.3 Å². The third-order valence-electron chi connectivity index (χ3n) is 5.31. The molecular formula is C18H18F3N3O4S. The Morgan fingerprint density at radius 1 is 1.24 bits per heavy atom. The van der Waals surface area contributed by atoms with E-state index in [1.807, 2.05) is 0 Å². The second-order valence-electron chi connectivity index (χ2n) is 7.19. The van der Waals surface area contributed by atoms with E-state index in [2.05, 4.69) is 10.1 Å². The molecule has 4 rings (SSSR count). The van der Waals surface area contributed by atoms with E-state index in [0.717, 1.165) is 29.7 Å². The van der Waals surface area contributed by atoms with Crippen molar-refractivity contribution in [1.29, 1.82) is 0 Å². The van der Waals surface area contributed by atoms with Gasteiger partial charge < -0.3 is 14.5 Å². The molecule has 11 heteroatoms. The Balaban J connectivity index is 1.69. The van der Waals surface area contributed by atoms with Gasteiger partial charge in [0.25, 0.3) is 11.7 Å². The molecule has 1 fully saturated rings. The second-order valence-corrected chi connectivity index (χ2v) is 8.38. The fourth-order valence-corrected chi connectivity index (χ4v) is 5.38. The maximum atomic E-state index is 12.9. The average Bonchev–Trinajstić information content (AvgIpc) is 3.38. The SMILES string of the molecule is O=C(O)[C@H]1CCCN1C(=O)Cc1sc2c(c1-c1nc(C(F)(F)F)no1)CCCC2. The summed E-state index contributed by atoms with van der Waals surface area (Å²) in [6, 6.07) is -0.860. The van der Waals surface area contributed by atoms with Gasteiger partial charge in [0.05, 0.1) is 12.0 Å². The van der Waals surface area contributed by atoms with E-state index in [9.17, 15) is 27.9 Å². The van der Waals surface area contributed by atoms with E-state index in [0.29, 0.717) is 36.2 Å². The van der Waals surface area contributed by atoms with Crippen molar-refractivity contribution in [2.45, 2.75) is 57.2 Å². The van der Waals surface area contributed by atoms with E-state index in [4.69, 9.17) is 4.52 Å². The molecule has 1 atom stereocenters. The third kappa shape index (κ3) is 3.75. The van der Waals surface area contributed by atoms with Crippen LogP contribution in [0.5, 0.6) is 0 Å². The molecule has 1 aliphatic heterocycles. The lowest BCUT2D eigenvalue weighted by molar-refractivity contribution is -0.148. The number of likely N-dealkylation sites (tertiary alicyclic amines) is 1. The predicted octanol–water partition coefficient (Wildman–Crippen LogP) is 3.31. The van der Waals surface area contributed by atoms with Gasteiger partial charge in [-0.25, -0.2) is 4.79 Å². The first-order chi connectivity index (χ1) is 13.8. The number of alkyl halides is 3. The molecule has 2 aliphatic rings. The Kier molecular flexibility index (Phi) is 5.09. The van der Waals surface area contributed by atoms with Crippen LogP contribution in [0.1, 0.15) is 46.8 Å². The van der Waals surface area contributed by atoms with Crippen LogP contribution in [0.2, 0.25) is 0 Å². The van der Waals surface area contributed by atoms with Gasteiger partial charge in [-0.3, -0.25) is 4.79 Å². The van der Waals surface area contributed by atoms with Crippen molar-refractivity contribution in [1.82, 2.24) is 15.0 Å². The smallest absolute Gasteiger partial charge is 0.455 e. The van der Waals surface area contributed by atoms with Crippen LogP contribution in [0.15, 0.2) is 4.52 Å². The molecule has 0 spiro atoms. The highest BCUT2D eigenvalue weighted by Gasteiger charge is 2.39. The highest BCUT2D eigenvalue weighted by molar-refractivity contribution is 7.12. The number of thiophene rings is 1. The number of aromatic nitrogens is 2. The van der Waals surface area contributed by atoms with Gasteiger partial charge in [-0.15, -0.1) is 11.3 Å². The molecule has 0 bridgehead atoms. The molecule has 7 nitrogen and oxygen atoms in total. The first-order valence-electron chi connectivity index (χ1n) is 9.32. The molecule has 0 saturated carbocycles. The predicted molar refractivity (Wildman–Crippen MR) is 95.3 cm³/mol. The summed E-state index contributed by atoms with van der Waals surface area (Å²) in [6.45, 7) is 0.356. The molecule has 1 aliphatic carbocycles. The molecule has 0 unspecified atom stereocenters. The lowest BCUT2D eigenvalue weighted by Gasteiger charge is -2.21. The zero-order chi connectivity index (χ0) is 20.8. The van der Waals surface area contributed by atoms with Crippen molar-refractivity contribution in [3.63, 3.8) is 0 Å². The number of aryl methyl sites for hydroxylation is 1. The number of halogens is 3. The molecule has 0 aromatic carbocycles. The molecular weight excluding hydrogens is 411 g/mol. The van der Waals surface area contributed by atoms with Gasteiger partial charge in [-0.1, -0.05) is 5.16 Å². The topological polar surface area (TPSA) is 96.5 Å². The Bertz CT molecular complexity index is 953. The lowest BCUT2D eigenvalue weighted by Crippen LogP contribution is -2.41. The largest absolute Gasteiger partial charge is 0.480 e. The van der Waals surface area contributed by atoms with Crippen molar-refractivity contribution in [2.24, 2.45) is 0 Å². The molecule has 1 amide bonds. The number of hydrogen-bond acceptors (Lipinski definition) is 6. The maximum absolute atomic E-state index is 12.9. The van der Waals surface area contributed by atoms with Crippen molar-refractivity contribution in [2.75, 3.05) is 6.54 Å². The number of rotatable bonds is 4. The van der Waals surface area contributed by atoms with Gasteiger partial charge in [0, 0.05) is 16.3 Å². The van der Waals surface area contributed by atoms with E-state index >= 15 is 0 Å². The van der Waals surface area contributed by atoms with Crippen LogP contribution in [-0.4, -0.2) is 44.6 Å². The quantitative estimate of drug-likeness (QED) is 0.801. The Morgan fingerprint density at radius 3 is 2.69 bits per heavy atom. The van der Waals surface area contributed by atoms with E-state index in [1.54, 1.807) is 0 Å². The standard InChI is InChI=1S/C18H18F3N3O4S/c19-18(20,21)17-22-15(28-23-17)14-9-4-1-2-6-11(9)29-12(14)8-13(25)24-7-3-5-10(24)16(26)27/h10H,1-8H2,(H,26,27)/t10-/m1/s1. The fraction of sp³-hybridized carbons (Fsp3) is 0.556. The minimum atomic E-state index is -4.72. The maximum Gasteiger partial charge on any atom is 0.455 e. The van der Waals surface area contributed by atoms with Crippen LogP contribution in [0.4, 0.5) is 13.2 Å². The average molecular weight is 429 g/mol. The summed E-state index contributed by atoms with van der Waals surface area (Å²) in [5, 5.41) is 12.4. The number of nitrogens with zero attached hydrogens (tertiary/aromatic N) is 3. The Morgan fingerprint density at radius 2 is 2.00 bits per heavy atom.